The standard InChI is InChI=1S/C17H13ClN4O/c18-15-10-16(21-17(20-15)13-4-2-1-3-5-13)22-19-11-12-6-8-14(23)9-7-12/h1-11,23H,(H,20,21,22). The van der Waals surface area contributed by atoms with Crippen LogP contribution in [-0.4, -0.2) is 21.3 Å². The molecule has 23 heavy (non-hydrogen) atoms. The van der Waals surface area contributed by atoms with Crippen LogP contribution in [0.15, 0.2) is 65.8 Å². The van der Waals surface area contributed by atoms with Gasteiger partial charge in [-0.05, 0) is 29.8 Å². The molecule has 2 N–H and O–H groups in total. The first-order valence-electron chi connectivity index (χ1n) is 6.89. The Morgan fingerprint density at radius 3 is 2.48 bits per heavy atom. The molecule has 0 amide bonds. The molecule has 0 bridgehead atoms. The SMILES string of the molecule is Oc1ccc(C=NNc2cc(Cl)nc(-c3ccccc3)n2)cc1. The Morgan fingerprint density at radius 2 is 1.74 bits per heavy atom. The molecule has 2 aromatic carbocycles. The van der Waals surface area contributed by atoms with E-state index >= 15 is 0 Å². The molecule has 0 atom stereocenters. The summed E-state index contributed by atoms with van der Waals surface area (Å²) in [6.07, 6.45) is 1.62. The highest BCUT2D eigenvalue weighted by atomic mass is 35.5. The molecule has 3 rings (SSSR count). The van der Waals surface area contributed by atoms with Gasteiger partial charge in [0.2, 0.25) is 0 Å². The number of aromatic nitrogens is 2. The van der Waals surface area contributed by atoms with Gasteiger partial charge >= 0.3 is 0 Å². The fourth-order valence-corrected chi connectivity index (χ4v) is 2.11. The highest BCUT2D eigenvalue weighted by Crippen LogP contribution is 2.20. The predicted molar refractivity (Wildman–Crippen MR) is 91.8 cm³/mol. The minimum atomic E-state index is 0.213. The minimum absolute atomic E-state index is 0.213. The summed E-state index contributed by atoms with van der Waals surface area (Å²) in [5, 5.41) is 13.7. The van der Waals surface area contributed by atoms with Crippen molar-refractivity contribution in [3.8, 4) is 17.1 Å². The topological polar surface area (TPSA) is 70.4 Å². The lowest BCUT2D eigenvalue weighted by molar-refractivity contribution is 0.475. The van der Waals surface area contributed by atoms with Gasteiger partial charge in [-0.15, -0.1) is 0 Å². The second kappa shape index (κ2) is 6.89. The molecule has 114 valence electrons. The van der Waals surface area contributed by atoms with Gasteiger partial charge in [0.1, 0.15) is 10.9 Å². The number of phenols is 1. The Hall–Kier alpha value is -2.92. The Bertz CT molecular complexity index is 820. The summed E-state index contributed by atoms with van der Waals surface area (Å²) in [6.45, 7) is 0. The van der Waals surface area contributed by atoms with E-state index in [-0.39, 0.29) is 5.75 Å². The average molecular weight is 325 g/mol. The highest BCUT2D eigenvalue weighted by Gasteiger charge is 2.04. The molecule has 0 saturated carbocycles. The van der Waals surface area contributed by atoms with Crippen molar-refractivity contribution in [2.45, 2.75) is 0 Å². The average Bonchev–Trinajstić information content (AvgIpc) is 2.57. The molecular weight excluding hydrogens is 312 g/mol. The van der Waals surface area contributed by atoms with Crippen molar-refractivity contribution in [3.63, 3.8) is 0 Å². The number of benzene rings is 2. The summed E-state index contributed by atoms with van der Waals surface area (Å²) < 4.78 is 0. The summed E-state index contributed by atoms with van der Waals surface area (Å²) >= 11 is 6.04. The maximum absolute atomic E-state index is 9.24. The van der Waals surface area contributed by atoms with Gasteiger partial charge in [0, 0.05) is 11.6 Å². The van der Waals surface area contributed by atoms with Gasteiger partial charge in [0.05, 0.1) is 6.21 Å². The van der Waals surface area contributed by atoms with Crippen LogP contribution in [0.25, 0.3) is 11.4 Å². The number of hydrazone groups is 1. The van der Waals surface area contributed by atoms with Gasteiger partial charge in [-0.2, -0.15) is 5.10 Å². The van der Waals surface area contributed by atoms with Crippen molar-refractivity contribution in [2.75, 3.05) is 5.43 Å². The molecule has 0 fully saturated rings. The quantitative estimate of drug-likeness (QED) is 0.433. The maximum Gasteiger partial charge on any atom is 0.163 e. The third kappa shape index (κ3) is 4.05. The van der Waals surface area contributed by atoms with E-state index in [1.807, 2.05) is 30.3 Å². The zero-order chi connectivity index (χ0) is 16.1. The minimum Gasteiger partial charge on any atom is -0.508 e. The van der Waals surface area contributed by atoms with Crippen molar-refractivity contribution in [1.29, 1.82) is 0 Å². The predicted octanol–water partition coefficient (Wildman–Crippen LogP) is 3.95. The normalized spacial score (nSPS) is 10.8. The van der Waals surface area contributed by atoms with E-state index in [0.717, 1.165) is 11.1 Å². The van der Waals surface area contributed by atoms with Crippen molar-refractivity contribution >= 4 is 23.6 Å². The number of phenolic OH excluding ortho intramolecular Hbond substituents is 1. The first-order valence-corrected chi connectivity index (χ1v) is 7.26. The summed E-state index contributed by atoms with van der Waals surface area (Å²) in [7, 11) is 0. The largest absolute Gasteiger partial charge is 0.508 e. The van der Waals surface area contributed by atoms with E-state index in [1.165, 1.54) is 0 Å². The Balaban J connectivity index is 1.78. The molecule has 1 aromatic heterocycles. The van der Waals surface area contributed by atoms with Crippen molar-refractivity contribution in [1.82, 2.24) is 9.97 Å². The number of anilines is 1. The van der Waals surface area contributed by atoms with E-state index < -0.39 is 0 Å². The molecule has 5 nitrogen and oxygen atoms in total. The third-order valence-corrected chi connectivity index (χ3v) is 3.21. The van der Waals surface area contributed by atoms with Crippen molar-refractivity contribution in [2.24, 2.45) is 5.10 Å². The monoisotopic (exact) mass is 324 g/mol. The Kier molecular flexibility index (Phi) is 4.49. The Labute approximate surface area is 138 Å². The molecule has 6 heteroatoms. The zero-order valence-corrected chi connectivity index (χ0v) is 12.8. The number of hydrogen-bond donors (Lipinski definition) is 2. The molecule has 1 heterocycles. The Morgan fingerprint density at radius 1 is 1.00 bits per heavy atom. The zero-order valence-electron chi connectivity index (χ0n) is 12.0. The van der Waals surface area contributed by atoms with Crippen LogP contribution in [0, 0.1) is 0 Å². The van der Waals surface area contributed by atoms with Crippen molar-refractivity contribution in [3.05, 3.63) is 71.4 Å². The lowest BCUT2D eigenvalue weighted by Gasteiger charge is -2.04. The summed E-state index contributed by atoms with van der Waals surface area (Å²) in [6, 6.07) is 17.9. The van der Waals surface area contributed by atoms with Gasteiger partial charge in [-0.1, -0.05) is 41.9 Å². The maximum atomic E-state index is 9.24. The van der Waals surface area contributed by atoms with Gasteiger partial charge < -0.3 is 5.11 Å². The lowest BCUT2D eigenvalue weighted by atomic mass is 10.2. The fourth-order valence-electron chi connectivity index (χ4n) is 1.92. The summed E-state index contributed by atoms with van der Waals surface area (Å²) in [5.74, 6) is 1.24. The second-order valence-electron chi connectivity index (χ2n) is 4.73. The molecular formula is C17H13ClN4O. The molecule has 0 unspecified atom stereocenters. The van der Waals surface area contributed by atoms with Crippen LogP contribution in [0.3, 0.4) is 0 Å². The second-order valence-corrected chi connectivity index (χ2v) is 5.11. The number of hydrogen-bond acceptors (Lipinski definition) is 5. The molecule has 0 aliphatic rings. The van der Waals surface area contributed by atoms with E-state index in [2.05, 4.69) is 20.5 Å². The number of nitrogens with one attached hydrogen (secondary N) is 1. The van der Waals surface area contributed by atoms with Crippen LogP contribution in [0.1, 0.15) is 5.56 Å². The van der Waals surface area contributed by atoms with Crippen LogP contribution in [0.2, 0.25) is 5.15 Å². The van der Waals surface area contributed by atoms with E-state index in [0.29, 0.717) is 16.8 Å². The fraction of sp³-hybridized carbons (Fsp3) is 0. The number of rotatable bonds is 4. The number of halogens is 1. The molecule has 0 saturated heterocycles. The third-order valence-electron chi connectivity index (χ3n) is 3.01. The molecule has 0 spiro atoms. The van der Waals surface area contributed by atoms with Crippen LogP contribution in [0.4, 0.5) is 5.82 Å². The highest BCUT2D eigenvalue weighted by molar-refractivity contribution is 6.29. The van der Waals surface area contributed by atoms with E-state index in [9.17, 15) is 5.11 Å². The molecule has 0 aliphatic heterocycles. The van der Waals surface area contributed by atoms with Crippen molar-refractivity contribution < 1.29 is 5.11 Å². The van der Waals surface area contributed by atoms with Crippen LogP contribution >= 0.6 is 11.6 Å². The lowest BCUT2D eigenvalue weighted by Crippen LogP contribution is -1.97. The van der Waals surface area contributed by atoms with E-state index in [1.54, 1.807) is 36.5 Å². The molecule has 3 aromatic rings. The van der Waals surface area contributed by atoms with E-state index in [4.69, 9.17) is 11.6 Å². The van der Waals surface area contributed by atoms with Crippen LogP contribution in [-0.2, 0) is 0 Å². The van der Waals surface area contributed by atoms with Crippen LogP contribution < -0.4 is 5.43 Å². The summed E-state index contributed by atoms with van der Waals surface area (Å²) in [5.41, 5.74) is 4.55. The molecule has 0 aliphatic carbocycles. The van der Waals surface area contributed by atoms with Gasteiger partial charge in [-0.3, -0.25) is 5.43 Å². The smallest absolute Gasteiger partial charge is 0.163 e. The summed E-state index contributed by atoms with van der Waals surface area (Å²) in [4.78, 5) is 8.60. The van der Waals surface area contributed by atoms with Gasteiger partial charge in [0.15, 0.2) is 11.6 Å². The number of aromatic hydroxyl groups is 1. The van der Waals surface area contributed by atoms with Gasteiger partial charge in [0.25, 0.3) is 0 Å². The number of nitrogens with zero attached hydrogens (tertiary/aromatic N) is 3. The van der Waals surface area contributed by atoms with Crippen LogP contribution in [0.5, 0.6) is 5.75 Å². The molecule has 0 radical (unpaired) electrons. The van der Waals surface area contributed by atoms with Gasteiger partial charge in [-0.25, -0.2) is 9.97 Å². The first kappa shape index (κ1) is 15.0. The first-order chi connectivity index (χ1) is 11.2.